The zero-order chi connectivity index (χ0) is 14.8. The standard InChI is InChI=1S/C15H25NO3Si/c1-5-18-15(17)11-10-16-12-8-6-7-9-13(14(11)12)19-20(2,3)4/h10,13,16H,5-9H2,1-4H3. The fourth-order valence-corrected chi connectivity index (χ4v) is 3.84. The normalized spacial score (nSPS) is 19.3. The van der Waals surface area contributed by atoms with Gasteiger partial charge in [0, 0.05) is 17.5 Å². The highest BCUT2D eigenvalue weighted by atomic mass is 28.4. The predicted octanol–water partition coefficient (Wildman–Crippen LogP) is 3.81. The van der Waals surface area contributed by atoms with Crippen molar-refractivity contribution >= 4 is 14.3 Å². The average molecular weight is 295 g/mol. The molecule has 0 radical (unpaired) electrons. The summed E-state index contributed by atoms with van der Waals surface area (Å²) in [6.45, 7) is 8.80. The molecule has 20 heavy (non-hydrogen) atoms. The third kappa shape index (κ3) is 3.52. The summed E-state index contributed by atoms with van der Waals surface area (Å²) >= 11 is 0. The van der Waals surface area contributed by atoms with Gasteiger partial charge in [0.25, 0.3) is 0 Å². The number of esters is 1. The van der Waals surface area contributed by atoms with Gasteiger partial charge in [0.05, 0.1) is 18.3 Å². The number of hydrogen-bond acceptors (Lipinski definition) is 3. The van der Waals surface area contributed by atoms with Gasteiger partial charge in [0.15, 0.2) is 8.32 Å². The van der Waals surface area contributed by atoms with Crippen LogP contribution >= 0.6 is 0 Å². The third-order valence-electron chi connectivity index (χ3n) is 3.46. The van der Waals surface area contributed by atoms with Crippen molar-refractivity contribution in [3.05, 3.63) is 23.0 Å². The van der Waals surface area contributed by atoms with Crippen LogP contribution in [0.4, 0.5) is 0 Å². The Morgan fingerprint density at radius 3 is 2.80 bits per heavy atom. The van der Waals surface area contributed by atoms with Crippen LogP contribution in [0, 0.1) is 0 Å². The predicted molar refractivity (Wildman–Crippen MR) is 81.5 cm³/mol. The van der Waals surface area contributed by atoms with Crippen molar-refractivity contribution in [1.29, 1.82) is 0 Å². The second-order valence-corrected chi connectivity index (χ2v) is 10.7. The van der Waals surface area contributed by atoms with Gasteiger partial charge in [-0.2, -0.15) is 0 Å². The lowest BCUT2D eigenvalue weighted by Crippen LogP contribution is -2.28. The summed E-state index contributed by atoms with van der Waals surface area (Å²) in [6, 6.07) is 0. The van der Waals surface area contributed by atoms with Gasteiger partial charge in [-0.15, -0.1) is 0 Å². The summed E-state index contributed by atoms with van der Waals surface area (Å²) in [4.78, 5) is 15.4. The first-order valence-corrected chi connectivity index (χ1v) is 10.9. The number of aryl methyl sites for hydroxylation is 1. The van der Waals surface area contributed by atoms with Crippen molar-refractivity contribution in [2.75, 3.05) is 6.61 Å². The smallest absolute Gasteiger partial charge is 0.340 e. The van der Waals surface area contributed by atoms with E-state index in [1.165, 1.54) is 0 Å². The fourth-order valence-electron chi connectivity index (χ4n) is 2.75. The van der Waals surface area contributed by atoms with E-state index in [-0.39, 0.29) is 12.1 Å². The third-order valence-corrected chi connectivity index (χ3v) is 4.45. The molecule has 0 aliphatic heterocycles. The van der Waals surface area contributed by atoms with Crippen LogP contribution in [0.2, 0.25) is 19.6 Å². The molecule has 0 amide bonds. The van der Waals surface area contributed by atoms with E-state index in [9.17, 15) is 4.79 Å². The topological polar surface area (TPSA) is 51.3 Å². The molecular formula is C15H25NO3Si. The molecule has 0 saturated carbocycles. The van der Waals surface area contributed by atoms with Crippen LogP contribution in [-0.4, -0.2) is 25.9 Å². The van der Waals surface area contributed by atoms with Crippen molar-refractivity contribution in [3.8, 4) is 0 Å². The second kappa shape index (κ2) is 6.14. The summed E-state index contributed by atoms with van der Waals surface area (Å²) in [5, 5.41) is 0. The van der Waals surface area contributed by atoms with Gasteiger partial charge >= 0.3 is 5.97 Å². The molecule has 5 heteroatoms. The Bertz CT molecular complexity index is 476. The second-order valence-electron chi connectivity index (χ2n) is 6.28. The number of carbonyl (C=O) groups is 1. The monoisotopic (exact) mass is 295 g/mol. The molecule has 1 atom stereocenters. The minimum absolute atomic E-state index is 0.0322. The Morgan fingerprint density at radius 2 is 2.15 bits per heavy atom. The molecule has 1 unspecified atom stereocenters. The number of hydrogen-bond donors (Lipinski definition) is 1. The van der Waals surface area contributed by atoms with Crippen LogP contribution in [0.5, 0.6) is 0 Å². The van der Waals surface area contributed by atoms with E-state index < -0.39 is 8.32 Å². The molecule has 0 aromatic carbocycles. The molecule has 1 aromatic heterocycles. The molecule has 112 valence electrons. The molecule has 0 spiro atoms. The summed E-state index contributed by atoms with van der Waals surface area (Å²) in [5.41, 5.74) is 2.85. The summed E-state index contributed by atoms with van der Waals surface area (Å²) < 4.78 is 11.5. The zero-order valence-corrected chi connectivity index (χ0v) is 13.9. The molecule has 0 bridgehead atoms. The molecule has 1 aliphatic rings. The van der Waals surface area contributed by atoms with Gasteiger partial charge in [-0.25, -0.2) is 4.79 Å². The van der Waals surface area contributed by atoms with E-state index in [2.05, 4.69) is 24.6 Å². The van der Waals surface area contributed by atoms with Crippen LogP contribution in [0.25, 0.3) is 0 Å². The maximum absolute atomic E-state index is 12.1. The maximum atomic E-state index is 12.1. The Balaban J connectivity index is 2.35. The van der Waals surface area contributed by atoms with E-state index in [0.717, 1.165) is 36.9 Å². The molecule has 1 aliphatic carbocycles. The van der Waals surface area contributed by atoms with Crippen molar-refractivity contribution in [2.45, 2.75) is 58.4 Å². The minimum Gasteiger partial charge on any atom is -0.462 e. The molecule has 1 aromatic rings. The molecular weight excluding hydrogens is 270 g/mol. The van der Waals surface area contributed by atoms with E-state index in [0.29, 0.717) is 12.2 Å². The highest BCUT2D eigenvalue weighted by Gasteiger charge is 2.30. The van der Waals surface area contributed by atoms with E-state index in [1.807, 2.05) is 6.92 Å². The zero-order valence-electron chi connectivity index (χ0n) is 12.9. The summed E-state index contributed by atoms with van der Waals surface area (Å²) in [7, 11) is -1.65. The molecule has 2 rings (SSSR count). The number of H-pyrrole nitrogens is 1. The Hall–Kier alpha value is -1.07. The van der Waals surface area contributed by atoms with Crippen molar-refractivity contribution in [3.63, 3.8) is 0 Å². The first kappa shape index (κ1) is 15.3. The van der Waals surface area contributed by atoms with Gasteiger partial charge in [-0.05, 0) is 45.8 Å². The van der Waals surface area contributed by atoms with E-state index in [1.54, 1.807) is 6.20 Å². The SMILES string of the molecule is CCOC(=O)c1c[nH]c2c1C(O[Si](C)(C)C)CCCC2. The lowest BCUT2D eigenvalue weighted by molar-refractivity contribution is 0.0520. The van der Waals surface area contributed by atoms with Crippen molar-refractivity contribution < 1.29 is 14.0 Å². The van der Waals surface area contributed by atoms with Crippen LogP contribution in [0.1, 0.15) is 53.9 Å². The molecule has 1 heterocycles. The number of carbonyl (C=O) groups excluding carboxylic acids is 1. The number of fused-ring (bicyclic) bond motifs is 1. The van der Waals surface area contributed by atoms with Crippen LogP contribution < -0.4 is 0 Å². The van der Waals surface area contributed by atoms with Gasteiger partial charge in [-0.3, -0.25) is 0 Å². The van der Waals surface area contributed by atoms with Crippen LogP contribution in [0.15, 0.2) is 6.20 Å². The van der Waals surface area contributed by atoms with Gasteiger partial charge < -0.3 is 14.1 Å². The van der Waals surface area contributed by atoms with E-state index >= 15 is 0 Å². The first-order chi connectivity index (χ1) is 9.42. The fraction of sp³-hybridized carbons (Fsp3) is 0.667. The minimum atomic E-state index is -1.65. The van der Waals surface area contributed by atoms with Gasteiger partial charge in [0.2, 0.25) is 0 Å². The van der Waals surface area contributed by atoms with Gasteiger partial charge in [0.1, 0.15) is 0 Å². The number of aromatic amines is 1. The molecule has 1 N–H and O–H groups in total. The van der Waals surface area contributed by atoms with Crippen molar-refractivity contribution in [2.24, 2.45) is 0 Å². The maximum Gasteiger partial charge on any atom is 0.340 e. The highest BCUT2D eigenvalue weighted by Crippen LogP contribution is 2.36. The quantitative estimate of drug-likeness (QED) is 0.522. The number of rotatable bonds is 4. The number of ether oxygens (including phenoxy) is 1. The summed E-state index contributed by atoms with van der Waals surface area (Å²) in [5.74, 6) is -0.240. The average Bonchev–Trinajstić information content (AvgIpc) is 2.67. The van der Waals surface area contributed by atoms with Crippen molar-refractivity contribution in [1.82, 2.24) is 4.98 Å². The molecule has 0 fully saturated rings. The van der Waals surface area contributed by atoms with Crippen LogP contribution in [0.3, 0.4) is 0 Å². The first-order valence-electron chi connectivity index (χ1n) is 7.47. The highest BCUT2D eigenvalue weighted by molar-refractivity contribution is 6.69. The summed E-state index contributed by atoms with van der Waals surface area (Å²) in [6.07, 6.45) is 6.07. The Morgan fingerprint density at radius 1 is 1.40 bits per heavy atom. The van der Waals surface area contributed by atoms with E-state index in [4.69, 9.17) is 9.16 Å². The Kier molecular flexibility index (Phi) is 4.70. The van der Waals surface area contributed by atoms with Gasteiger partial charge in [-0.1, -0.05) is 6.42 Å². The number of nitrogens with one attached hydrogen (secondary N) is 1. The van der Waals surface area contributed by atoms with Crippen LogP contribution in [-0.2, 0) is 15.6 Å². The largest absolute Gasteiger partial charge is 0.462 e. The number of aromatic nitrogens is 1. The molecule has 4 nitrogen and oxygen atoms in total. The lowest BCUT2D eigenvalue weighted by atomic mass is 10.0. The molecule has 0 saturated heterocycles. The Labute approximate surface area is 122 Å². The lowest BCUT2D eigenvalue weighted by Gasteiger charge is -2.26.